The maximum absolute atomic E-state index is 13.3. The van der Waals surface area contributed by atoms with Crippen LogP contribution in [0, 0.1) is 0 Å². The number of nitrogens with zero attached hydrogens (tertiary/aromatic N) is 1. The molecule has 1 amide bonds. The van der Waals surface area contributed by atoms with E-state index in [9.17, 15) is 9.59 Å². The van der Waals surface area contributed by atoms with Gasteiger partial charge in [0.15, 0.2) is 0 Å². The van der Waals surface area contributed by atoms with Gasteiger partial charge in [-0.15, -0.1) is 0 Å². The number of anilines is 1. The lowest BCUT2D eigenvalue weighted by atomic mass is 10.0. The summed E-state index contributed by atoms with van der Waals surface area (Å²) in [5.74, 6) is -0.382. The molecule has 0 bridgehead atoms. The van der Waals surface area contributed by atoms with E-state index in [1.165, 1.54) is 12.7 Å². The van der Waals surface area contributed by atoms with Crippen molar-refractivity contribution in [2.45, 2.75) is 12.6 Å². The van der Waals surface area contributed by atoms with Crippen molar-refractivity contribution in [1.82, 2.24) is 4.90 Å². The zero-order valence-electron chi connectivity index (χ0n) is 16.2. The molecule has 0 radical (unpaired) electrons. The third-order valence-electron chi connectivity index (χ3n) is 5.15. The maximum Gasteiger partial charge on any atom is 0.337 e. The molecule has 0 saturated carbocycles. The highest BCUT2D eigenvalue weighted by Gasteiger charge is 2.32. The molecule has 146 valence electrons. The fraction of sp³-hybridized carbons (Fsp3) is 0.167. The van der Waals surface area contributed by atoms with Crippen LogP contribution in [0.3, 0.4) is 0 Å². The van der Waals surface area contributed by atoms with E-state index in [0.717, 1.165) is 17.7 Å². The van der Waals surface area contributed by atoms with E-state index in [4.69, 9.17) is 4.74 Å². The molecule has 3 aromatic carbocycles. The quantitative estimate of drug-likeness (QED) is 0.665. The van der Waals surface area contributed by atoms with Gasteiger partial charge in [-0.05, 0) is 41.8 Å². The van der Waals surface area contributed by atoms with Crippen LogP contribution in [-0.4, -0.2) is 30.4 Å². The number of ether oxygens (including phenoxy) is 1. The highest BCUT2D eigenvalue weighted by atomic mass is 16.5. The summed E-state index contributed by atoms with van der Waals surface area (Å²) in [7, 11) is 1.36. The Balaban J connectivity index is 1.65. The number of nitrogens with one attached hydrogen (secondary N) is 1. The number of esters is 1. The van der Waals surface area contributed by atoms with Gasteiger partial charge in [0.1, 0.15) is 6.17 Å². The lowest BCUT2D eigenvalue weighted by molar-refractivity contribution is 0.0599. The van der Waals surface area contributed by atoms with E-state index in [1.54, 1.807) is 12.1 Å². The molecule has 5 heteroatoms. The van der Waals surface area contributed by atoms with Gasteiger partial charge in [-0.2, -0.15) is 0 Å². The van der Waals surface area contributed by atoms with Crippen LogP contribution in [0.15, 0.2) is 78.9 Å². The minimum Gasteiger partial charge on any atom is -0.465 e. The zero-order chi connectivity index (χ0) is 20.2. The SMILES string of the molecule is COC(=O)c1ccc([C@H]2Nc3ccccc3C(=O)N2CCc2ccccc2)cc1. The fourth-order valence-corrected chi connectivity index (χ4v) is 3.60. The molecule has 3 aromatic rings. The van der Waals surface area contributed by atoms with Gasteiger partial charge < -0.3 is 15.0 Å². The molecule has 0 unspecified atom stereocenters. The Hall–Kier alpha value is -3.60. The van der Waals surface area contributed by atoms with Crippen molar-refractivity contribution in [1.29, 1.82) is 0 Å². The number of benzene rings is 3. The number of fused-ring (bicyclic) bond motifs is 1. The Morgan fingerprint density at radius 3 is 2.38 bits per heavy atom. The van der Waals surface area contributed by atoms with Crippen LogP contribution < -0.4 is 5.32 Å². The average Bonchev–Trinajstić information content (AvgIpc) is 2.78. The molecule has 0 spiro atoms. The molecule has 0 saturated heterocycles. The van der Waals surface area contributed by atoms with Crippen molar-refractivity contribution in [3.63, 3.8) is 0 Å². The standard InChI is InChI=1S/C24H22N2O3/c1-29-24(28)19-13-11-18(12-14-19)22-25-21-10-6-5-9-20(21)23(27)26(22)16-15-17-7-3-2-4-8-17/h2-14,22,25H,15-16H2,1H3/t22-/m0/s1. The number of hydrogen-bond acceptors (Lipinski definition) is 4. The molecule has 0 aromatic heterocycles. The third-order valence-corrected chi connectivity index (χ3v) is 5.15. The molecule has 1 aliphatic rings. The first-order valence-electron chi connectivity index (χ1n) is 9.56. The zero-order valence-corrected chi connectivity index (χ0v) is 16.2. The summed E-state index contributed by atoms with van der Waals surface area (Å²) in [4.78, 5) is 26.8. The Labute approximate surface area is 169 Å². The van der Waals surface area contributed by atoms with Crippen molar-refractivity contribution < 1.29 is 14.3 Å². The Kier molecular flexibility index (Phi) is 5.29. The predicted molar refractivity (Wildman–Crippen MR) is 112 cm³/mol. The fourth-order valence-electron chi connectivity index (χ4n) is 3.60. The molecule has 1 heterocycles. The topological polar surface area (TPSA) is 58.6 Å². The summed E-state index contributed by atoms with van der Waals surface area (Å²) in [6.07, 6.45) is 0.445. The number of hydrogen-bond donors (Lipinski definition) is 1. The lowest BCUT2D eigenvalue weighted by Crippen LogP contribution is -2.44. The number of carbonyl (C=O) groups excluding carboxylic acids is 2. The molecule has 0 aliphatic carbocycles. The van der Waals surface area contributed by atoms with Gasteiger partial charge in [0, 0.05) is 12.2 Å². The molecular formula is C24H22N2O3. The van der Waals surface area contributed by atoms with Gasteiger partial charge in [-0.3, -0.25) is 4.79 Å². The number of carbonyl (C=O) groups is 2. The molecule has 1 atom stereocenters. The second-order valence-corrected chi connectivity index (χ2v) is 6.94. The van der Waals surface area contributed by atoms with Crippen molar-refractivity contribution in [3.8, 4) is 0 Å². The van der Waals surface area contributed by atoms with E-state index in [2.05, 4.69) is 17.4 Å². The van der Waals surface area contributed by atoms with E-state index >= 15 is 0 Å². The summed E-state index contributed by atoms with van der Waals surface area (Å²) in [5, 5.41) is 3.48. The number of amides is 1. The second kappa shape index (κ2) is 8.19. The van der Waals surface area contributed by atoms with Crippen molar-refractivity contribution >= 4 is 17.6 Å². The first kappa shape index (κ1) is 18.7. The molecule has 1 N–H and O–H groups in total. The monoisotopic (exact) mass is 386 g/mol. The predicted octanol–water partition coefficient (Wildman–Crippen LogP) is 4.28. The second-order valence-electron chi connectivity index (χ2n) is 6.94. The summed E-state index contributed by atoms with van der Waals surface area (Å²) >= 11 is 0. The van der Waals surface area contributed by atoms with E-state index in [1.807, 2.05) is 59.5 Å². The van der Waals surface area contributed by atoms with Gasteiger partial charge >= 0.3 is 5.97 Å². The van der Waals surface area contributed by atoms with Crippen LogP contribution in [0.2, 0.25) is 0 Å². The molecular weight excluding hydrogens is 364 g/mol. The highest BCUT2D eigenvalue weighted by Crippen LogP contribution is 2.33. The van der Waals surface area contributed by atoms with Crippen LogP contribution in [0.25, 0.3) is 0 Å². The Morgan fingerprint density at radius 1 is 0.966 bits per heavy atom. The Bertz CT molecular complexity index is 1020. The molecule has 0 fully saturated rings. The maximum atomic E-state index is 13.3. The lowest BCUT2D eigenvalue weighted by Gasteiger charge is -2.38. The smallest absolute Gasteiger partial charge is 0.337 e. The number of methoxy groups -OCH3 is 1. The van der Waals surface area contributed by atoms with Crippen molar-refractivity contribution in [3.05, 3.63) is 101 Å². The van der Waals surface area contributed by atoms with Crippen LogP contribution >= 0.6 is 0 Å². The highest BCUT2D eigenvalue weighted by molar-refractivity contribution is 6.01. The largest absolute Gasteiger partial charge is 0.465 e. The van der Waals surface area contributed by atoms with Gasteiger partial charge in [0.2, 0.25) is 0 Å². The van der Waals surface area contributed by atoms with Gasteiger partial charge in [0.25, 0.3) is 5.91 Å². The molecule has 4 rings (SSSR count). The van der Waals surface area contributed by atoms with Gasteiger partial charge in [-0.25, -0.2) is 4.79 Å². The normalized spacial score (nSPS) is 15.4. The van der Waals surface area contributed by atoms with E-state index in [0.29, 0.717) is 17.7 Å². The summed E-state index contributed by atoms with van der Waals surface area (Å²) < 4.78 is 4.77. The molecule has 1 aliphatic heterocycles. The van der Waals surface area contributed by atoms with Crippen LogP contribution in [0.1, 0.15) is 38.0 Å². The van der Waals surface area contributed by atoms with Gasteiger partial charge in [0.05, 0.1) is 18.2 Å². The van der Waals surface area contributed by atoms with Crippen LogP contribution in [-0.2, 0) is 11.2 Å². The summed E-state index contributed by atoms with van der Waals surface area (Å²) in [5.41, 5.74) is 4.06. The first-order valence-corrected chi connectivity index (χ1v) is 9.56. The summed E-state index contributed by atoms with van der Waals surface area (Å²) in [6.45, 7) is 0.577. The minimum absolute atomic E-state index is 0.00248. The molecule has 29 heavy (non-hydrogen) atoms. The van der Waals surface area contributed by atoms with Crippen LogP contribution in [0.4, 0.5) is 5.69 Å². The van der Waals surface area contributed by atoms with Crippen molar-refractivity contribution in [2.75, 3.05) is 19.0 Å². The summed E-state index contributed by atoms with van der Waals surface area (Å²) in [6, 6.07) is 24.8. The van der Waals surface area contributed by atoms with E-state index < -0.39 is 0 Å². The van der Waals surface area contributed by atoms with Crippen LogP contribution in [0.5, 0.6) is 0 Å². The average molecular weight is 386 g/mol. The van der Waals surface area contributed by atoms with E-state index in [-0.39, 0.29) is 18.0 Å². The number of rotatable bonds is 5. The first-order chi connectivity index (χ1) is 14.2. The molecule has 5 nitrogen and oxygen atoms in total. The number of para-hydroxylation sites is 1. The van der Waals surface area contributed by atoms with Gasteiger partial charge in [-0.1, -0.05) is 54.6 Å². The Morgan fingerprint density at radius 2 is 1.66 bits per heavy atom. The third kappa shape index (κ3) is 3.85. The van der Waals surface area contributed by atoms with Crippen molar-refractivity contribution in [2.24, 2.45) is 0 Å². The minimum atomic E-state index is -0.379.